The summed E-state index contributed by atoms with van der Waals surface area (Å²) in [4.78, 5) is 25.4. The van der Waals surface area contributed by atoms with Crippen LogP contribution < -0.4 is 0 Å². The standard InChI is InChI=1S/C57H108O5/c1-4-7-10-13-16-19-22-24-26-27-28-29-30-32-34-37-40-43-46-49-52-60-53-55(62-57(59)51-48-45-42-39-35-21-18-15-12-9-6-3)54-61-56(58)50-47-44-41-38-36-33-31-25-23-20-17-14-11-8-5-2/h15,18,24,26,55H,4-14,16-17,19-23,25,27-54H2,1-3H3/b18-15-,26-24-. The van der Waals surface area contributed by atoms with Crippen molar-refractivity contribution >= 4 is 11.9 Å². The Bertz CT molecular complexity index is 943. The molecule has 0 heterocycles. The van der Waals surface area contributed by atoms with E-state index in [2.05, 4.69) is 45.1 Å². The number of unbranched alkanes of at least 4 members (excludes halogenated alkanes) is 37. The van der Waals surface area contributed by atoms with E-state index in [1.54, 1.807) is 0 Å². The van der Waals surface area contributed by atoms with Gasteiger partial charge in [0.05, 0.1) is 6.61 Å². The van der Waals surface area contributed by atoms with Gasteiger partial charge in [0.2, 0.25) is 0 Å². The Labute approximate surface area is 387 Å². The van der Waals surface area contributed by atoms with Crippen molar-refractivity contribution < 1.29 is 23.8 Å². The van der Waals surface area contributed by atoms with Gasteiger partial charge in [-0.05, 0) is 64.2 Å². The minimum absolute atomic E-state index is 0.0883. The van der Waals surface area contributed by atoms with E-state index in [9.17, 15) is 9.59 Å². The highest BCUT2D eigenvalue weighted by Crippen LogP contribution is 2.16. The number of allylic oxidation sites excluding steroid dienone is 4. The van der Waals surface area contributed by atoms with Gasteiger partial charge in [-0.1, -0.05) is 251 Å². The van der Waals surface area contributed by atoms with E-state index in [1.165, 1.54) is 225 Å². The minimum atomic E-state index is -0.534. The van der Waals surface area contributed by atoms with Crippen LogP contribution in [0.2, 0.25) is 0 Å². The normalized spacial score (nSPS) is 12.2. The Balaban J connectivity index is 4.16. The topological polar surface area (TPSA) is 61.8 Å². The average Bonchev–Trinajstić information content (AvgIpc) is 3.27. The Morgan fingerprint density at radius 3 is 1.03 bits per heavy atom. The molecule has 0 amide bonds. The number of carbonyl (C=O) groups excluding carboxylic acids is 2. The fourth-order valence-corrected chi connectivity index (χ4v) is 8.25. The molecule has 0 aromatic carbocycles. The summed E-state index contributed by atoms with van der Waals surface area (Å²) in [6.45, 7) is 7.83. The molecule has 0 saturated heterocycles. The molecular formula is C57H108O5. The molecule has 5 heteroatoms. The van der Waals surface area contributed by atoms with E-state index >= 15 is 0 Å². The van der Waals surface area contributed by atoms with Gasteiger partial charge in [0.15, 0.2) is 6.10 Å². The number of esters is 2. The number of ether oxygens (including phenoxy) is 3. The molecule has 0 N–H and O–H groups in total. The van der Waals surface area contributed by atoms with Crippen LogP contribution >= 0.6 is 0 Å². The summed E-state index contributed by atoms with van der Waals surface area (Å²) < 4.78 is 17.4. The fourth-order valence-electron chi connectivity index (χ4n) is 8.25. The first-order chi connectivity index (χ1) is 30.6. The summed E-state index contributed by atoms with van der Waals surface area (Å²) in [6.07, 6.45) is 63.4. The highest BCUT2D eigenvalue weighted by molar-refractivity contribution is 5.70. The number of rotatable bonds is 52. The highest BCUT2D eigenvalue weighted by atomic mass is 16.6. The predicted molar refractivity (Wildman–Crippen MR) is 270 cm³/mol. The fraction of sp³-hybridized carbons (Fsp3) is 0.895. The molecule has 5 nitrogen and oxygen atoms in total. The molecule has 0 saturated carbocycles. The van der Waals surface area contributed by atoms with Crippen LogP contribution in [-0.4, -0.2) is 37.9 Å². The van der Waals surface area contributed by atoms with Crippen LogP contribution in [0, 0.1) is 0 Å². The number of hydrogen-bond donors (Lipinski definition) is 0. The zero-order chi connectivity index (χ0) is 44.9. The molecule has 0 aromatic rings. The van der Waals surface area contributed by atoms with Crippen LogP contribution in [0.1, 0.15) is 303 Å². The van der Waals surface area contributed by atoms with Crippen LogP contribution in [0.25, 0.3) is 0 Å². The summed E-state index contributed by atoms with van der Waals surface area (Å²) in [5, 5.41) is 0. The first-order valence-electron chi connectivity index (χ1n) is 27.9. The third kappa shape index (κ3) is 51.0. The summed E-state index contributed by atoms with van der Waals surface area (Å²) in [5.41, 5.74) is 0. The molecule has 0 aromatic heterocycles. The van der Waals surface area contributed by atoms with E-state index in [0.29, 0.717) is 26.1 Å². The van der Waals surface area contributed by atoms with Crippen molar-refractivity contribution in [3.05, 3.63) is 24.3 Å². The second kappa shape index (κ2) is 53.7. The molecule has 0 rings (SSSR count). The average molecular weight is 873 g/mol. The third-order valence-electron chi connectivity index (χ3n) is 12.5. The van der Waals surface area contributed by atoms with Crippen LogP contribution in [-0.2, 0) is 23.8 Å². The quantitative estimate of drug-likeness (QED) is 0.0346. The Morgan fingerprint density at radius 2 is 0.645 bits per heavy atom. The maximum Gasteiger partial charge on any atom is 0.306 e. The Hall–Kier alpha value is -1.62. The molecule has 366 valence electrons. The van der Waals surface area contributed by atoms with Crippen LogP contribution in [0.3, 0.4) is 0 Å². The van der Waals surface area contributed by atoms with Crippen molar-refractivity contribution in [2.45, 2.75) is 309 Å². The van der Waals surface area contributed by atoms with E-state index in [4.69, 9.17) is 14.2 Å². The number of carbonyl (C=O) groups is 2. The van der Waals surface area contributed by atoms with E-state index in [-0.39, 0.29) is 18.5 Å². The highest BCUT2D eigenvalue weighted by Gasteiger charge is 2.17. The van der Waals surface area contributed by atoms with Gasteiger partial charge in [-0.3, -0.25) is 9.59 Å². The Morgan fingerprint density at radius 1 is 0.339 bits per heavy atom. The number of hydrogen-bond acceptors (Lipinski definition) is 5. The van der Waals surface area contributed by atoms with Gasteiger partial charge in [0.25, 0.3) is 0 Å². The molecule has 0 radical (unpaired) electrons. The maximum atomic E-state index is 12.8. The van der Waals surface area contributed by atoms with Crippen molar-refractivity contribution in [1.82, 2.24) is 0 Å². The minimum Gasteiger partial charge on any atom is -0.462 e. The van der Waals surface area contributed by atoms with Crippen molar-refractivity contribution in [3.8, 4) is 0 Å². The lowest BCUT2D eigenvalue weighted by Crippen LogP contribution is -2.30. The second-order valence-electron chi connectivity index (χ2n) is 18.8. The smallest absolute Gasteiger partial charge is 0.306 e. The lowest BCUT2D eigenvalue weighted by atomic mass is 10.0. The predicted octanol–water partition coefficient (Wildman–Crippen LogP) is 18.8. The van der Waals surface area contributed by atoms with Gasteiger partial charge in [-0.15, -0.1) is 0 Å². The van der Waals surface area contributed by atoms with E-state index < -0.39 is 6.10 Å². The largest absolute Gasteiger partial charge is 0.462 e. The summed E-state index contributed by atoms with van der Waals surface area (Å²) in [6, 6.07) is 0. The van der Waals surface area contributed by atoms with E-state index in [1.807, 2.05) is 0 Å². The van der Waals surface area contributed by atoms with Gasteiger partial charge in [0, 0.05) is 19.4 Å². The molecule has 0 fully saturated rings. The molecule has 0 aliphatic rings. The molecule has 0 aliphatic heterocycles. The van der Waals surface area contributed by atoms with Crippen LogP contribution in [0.4, 0.5) is 0 Å². The summed E-state index contributed by atoms with van der Waals surface area (Å²) >= 11 is 0. The first kappa shape index (κ1) is 60.4. The SMILES string of the molecule is CCCC/C=C\CCCCCCCC(=O)OC(COCCCCCCCCCCCC/C=C\CCCCCCCC)COC(=O)CCCCCCCCCCCCCCCCC. The zero-order valence-corrected chi connectivity index (χ0v) is 42.2. The first-order valence-corrected chi connectivity index (χ1v) is 27.9. The zero-order valence-electron chi connectivity index (χ0n) is 42.2. The molecule has 0 aliphatic carbocycles. The second-order valence-corrected chi connectivity index (χ2v) is 18.8. The van der Waals surface area contributed by atoms with Crippen molar-refractivity contribution in [1.29, 1.82) is 0 Å². The van der Waals surface area contributed by atoms with Gasteiger partial charge < -0.3 is 14.2 Å². The van der Waals surface area contributed by atoms with Crippen molar-refractivity contribution in [2.24, 2.45) is 0 Å². The third-order valence-corrected chi connectivity index (χ3v) is 12.5. The van der Waals surface area contributed by atoms with Gasteiger partial charge >= 0.3 is 11.9 Å². The van der Waals surface area contributed by atoms with Gasteiger partial charge in [0.1, 0.15) is 6.61 Å². The lowest BCUT2D eigenvalue weighted by Gasteiger charge is -2.18. The Kier molecular flexibility index (Phi) is 52.3. The molecule has 1 unspecified atom stereocenters. The van der Waals surface area contributed by atoms with E-state index in [0.717, 1.165) is 44.9 Å². The van der Waals surface area contributed by atoms with Crippen LogP contribution in [0.15, 0.2) is 24.3 Å². The molecule has 62 heavy (non-hydrogen) atoms. The molecule has 1 atom stereocenters. The van der Waals surface area contributed by atoms with Crippen molar-refractivity contribution in [2.75, 3.05) is 19.8 Å². The van der Waals surface area contributed by atoms with Crippen LogP contribution in [0.5, 0.6) is 0 Å². The lowest BCUT2D eigenvalue weighted by molar-refractivity contribution is -0.163. The van der Waals surface area contributed by atoms with Gasteiger partial charge in [-0.2, -0.15) is 0 Å². The summed E-state index contributed by atoms with van der Waals surface area (Å²) in [5.74, 6) is -0.390. The molecule has 0 spiro atoms. The molecule has 0 bridgehead atoms. The monoisotopic (exact) mass is 873 g/mol. The maximum absolute atomic E-state index is 12.8. The van der Waals surface area contributed by atoms with Gasteiger partial charge in [-0.25, -0.2) is 0 Å². The molecular weight excluding hydrogens is 765 g/mol. The van der Waals surface area contributed by atoms with Crippen molar-refractivity contribution in [3.63, 3.8) is 0 Å². The summed E-state index contributed by atoms with van der Waals surface area (Å²) in [7, 11) is 0.